The number of para-hydroxylation sites is 1. The molecule has 0 radical (unpaired) electrons. The van der Waals surface area contributed by atoms with Crippen LogP contribution in [0, 0.1) is 5.82 Å². The molecule has 1 aliphatic heterocycles. The molecule has 2 aromatic carbocycles. The number of fused-ring (bicyclic) bond motifs is 1. The van der Waals surface area contributed by atoms with Gasteiger partial charge in [0.05, 0.1) is 0 Å². The predicted molar refractivity (Wildman–Crippen MR) is 110 cm³/mol. The van der Waals surface area contributed by atoms with Crippen LogP contribution in [0.15, 0.2) is 54.7 Å². The number of aromatic amines is 1. The van der Waals surface area contributed by atoms with E-state index in [9.17, 15) is 14.0 Å². The zero-order valence-electron chi connectivity index (χ0n) is 16.2. The number of rotatable bonds is 7. The van der Waals surface area contributed by atoms with Gasteiger partial charge in [-0.15, -0.1) is 0 Å². The van der Waals surface area contributed by atoms with Crippen molar-refractivity contribution in [1.29, 1.82) is 0 Å². The van der Waals surface area contributed by atoms with E-state index in [1.54, 1.807) is 17.0 Å². The fourth-order valence-electron chi connectivity index (χ4n) is 3.96. The minimum atomic E-state index is -0.454. The van der Waals surface area contributed by atoms with Gasteiger partial charge in [-0.1, -0.05) is 36.4 Å². The van der Waals surface area contributed by atoms with Crippen LogP contribution < -0.4 is 5.32 Å². The van der Waals surface area contributed by atoms with Crippen LogP contribution in [-0.4, -0.2) is 34.3 Å². The Hall–Kier alpha value is -3.15. The van der Waals surface area contributed by atoms with Gasteiger partial charge < -0.3 is 15.2 Å². The lowest BCUT2D eigenvalue weighted by molar-refractivity contribution is -0.135. The van der Waals surface area contributed by atoms with E-state index in [1.807, 2.05) is 36.5 Å². The van der Waals surface area contributed by atoms with Gasteiger partial charge in [-0.25, -0.2) is 4.39 Å². The van der Waals surface area contributed by atoms with Gasteiger partial charge in [-0.3, -0.25) is 9.59 Å². The maximum atomic E-state index is 13.7. The van der Waals surface area contributed by atoms with E-state index in [4.69, 9.17) is 0 Å². The second-order valence-corrected chi connectivity index (χ2v) is 7.42. The highest BCUT2D eigenvalue weighted by molar-refractivity contribution is 5.91. The van der Waals surface area contributed by atoms with Crippen molar-refractivity contribution in [3.63, 3.8) is 0 Å². The molecule has 0 saturated carbocycles. The summed E-state index contributed by atoms with van der Waals surface area (Å²) in [5, 5.41) is 3.98. The summed E-state index contributed by atoms with van der Waals surface area (Å²) in [5.41, 5.74) is 2.68. The van der Waals surface area contributed by atoms with Crippen molar-refractivity contribution in [2.45, 2.75) is 38.3 Å². The molecule has 3 aromatic rings. The highest BCUT2D eigenvalue weighted by atomic mass is 19.1. The molecular formula is C23H24FN3O2. The van der Waals surface area contributed by atoms with Gasteiger partial charge in [-0.2, -0.15) is 0 Å². The molecule has 29 heavy (non-hydrogen) atoms. The number of hydrogen-bond donors (Lipinski definition) is 2. The average molecular weight is 393 g/mol. The van der Waals surface area contributed by atoms with Gasteiger partial charge >= 0.3 is 0 Å². The smallest absolute Gasteiger partial charge is 0.242 e. The Morgan fingerprint density at radius 3 is 2.79 bits per heavy atom. The third-order valence-electron chi connectivity index (χ3n) is 5.53. The van der Waals surface area contributed by atoms with E-state index in [0.717, 1.165) is 16.5 Å². The summed E-state index contributed by atoms with van der Waals surface area (Å²) in [7, 11) is 0. The fourth-order valence-corrected chi connectivity index (χ4v) is 3.96. The number of carbonyl (C=O) groups is 2. The average Bonchev–Trinajstić information content (AvgIpc) is 3.31. The molecule has 0 bridgehead atoms. The van der Waals surface area contributed by atoms with Crippen LogP contribution in [0.5, 0.6) is 0 Å². The first-order chi connectivity index (χ1) is 14.1. The largest absolute Gasteiger partial charge is 0.361 e. The number of nitrogens with one attached hydrogen (secondary N) is 2. The normalized spacial score (nSPS) is 16.5. The number of amides is 2. The van der Waals surface area contributed by atoms with Crippen LogP contribution in [0.3, 0.4) is 0 Å². The van der Waals surface area contributed by atoms with Gasteiger partial charge in [0.15, 0.2) is 0 Å². The molecule has 1 fully saturated rings. The SMILES string of the molecule is O=C(NCCCc1ccccc1F)C1CCC(=O)N1Cc1c[nH]c2ccccc12. The van der Waals surface area contributed by atoms with Gasteiger partial charge in [0.1, 0.15) is 11.9 Å². The molecule has 2 heterocycles. The Balaban J connectivity index is 1.35. The topological polar surface area (TPSA) is 65.2 Å². The van der Waals surface area contributed by atoms with E-state index in [-0.39, 0.29) is 17.6 Å². The summed E-state index contributed by atoms with van der Waals surface area (Å²) in [4.78, 5) is 30.0. The predicted octanol–water partition coefficient (Wildman–Crippen LogP) is 3.55. The monoisotopic (exact) mass is 393 g/mol. The standard InChI is InChI=1S/C23H24FN3O2/c24-19-9-3-1-6-16(19)7-5-13-25-23(29)21-11-12-22(28)27(21)15-17-14-26-20-10-4-2-8-18(17)20/h1-4,6,8-10,14,21,26H,5,7,11-13,15H2,(H,25,29). The minimum absolute atomic E-state index is 0.00166. The first-order valence-electron chi connectivity index (χ1n) is 9.99. The molecule has 2 amide bonds. The number of H-pyrrole nitrogens is 1. The van der Waals surface area contributed by atoms with Gasteiger partial charge in [0.2, 0.25) is 11.8 Å². The van der Waals surface area contributed by atoms with Crippen LogP contribution >= 0.6 is 0 Å². The number of halogens is 1. The summed E-state index contributed by atoms with van der Waals surface area (Å²) in [6.07, 6.45) is 4.03. The zero-order chi connectivity index (χ0) is 20.2. The van der Waals surface area contributed by atoms with Crippen molar-refractivity contribution in [3.8, 4) is 0 Å². The molecule has 0 aliphatic carbocycles. The van der Waals surface area contributed by atoms with Crippen molar-refractivity contribution in [2.24, 2.45) is 0 Å². The maximum Gasteiger partial charge on any atom is 0.242 e. The third kappa shape index (κ3) is 4.16. The number of likely N-dealkylation sites (tertiary alicyclic amines) is 1. The maximum absolute atomic E-state index is 13.7. The zero-order valence-corrected chi connectivity index (χ0v) is 16.2. The van der Waals surface area contributed by atoms with E-state index >= 15 is 0 Å². The van der Waals surface area contributed by atoms with E-state index in [1.165, 1.54) is 6.07 Å². The van der Waals surface area contributed by atoms with E-state index < -0.39 is 6.04 Å². The molecular weight excluding hydrogens is 369 g/mol. The Morgan fingerprint density at radius 2 is 1.93 bits per heavy atom. The number of hydrogen-bond acceptors (Lipinski definition) is 2. The van der Waals surface area contributed by atoms with Crippen molar-refractivity contribution in [1.82, 2.24) is 15.2 Å². The van der Waals surface area contributed by atoms with Gasteiger partial charge in [0.25, 0.3) is 0 Å². The second kappa shape index (κ2) is 8.47. The van der Waals surface area contributed by atoms with Crippen molar-refractivity contribution in [2.75, 3.05) is 6.54 Å². The number of benzene rings is 2. The van der Waals surface area contributed by atoms with E-state index in [0.29, 0.717) is 44.3 Å². The lowest BCUT2D eigenvalue weighted by Gasteiger charge is -2.24. The van der Waals surface area contributed by atoms with Crippen LogP contribution in [0.1, 0.15) is 30.4 Å². The molecule has 5 nitrogen and oxygen atoms in total. The lowest BCUT2D eigenvalue weighted by Crippen LogP contribution is -2.44. The van der Waals surface area contributed by atoms with Crippen LogP contribution in [0.2, 0.25) is 0 Å². The Kier molecular flexibility index (Phi) is 5.60. The molecule has 150 valence electrons. The number of aromatic nitrogens is 1. The number of nitrogens with zero attached hydrogens (tertiary/aromatic N) is 1. The molecule has 1 aliphatic rings. The van der Waals surface area contributed by atoms with E-state index in [2.05, 4.69) is 10.3 Å². The molecule has 4 rings (SSSR count). The summed E-state index contributed by atoms with van der Waals surface area (Å²) in [6.45, 7) is 0.870. The van der Waals surface area contributed by atoms with Crippen molar-refractivity contribution in [3.05, 3.63) is 71.7 Å². The summed E-state index contributed by atoms with van der Waals surface area (Å²) < 4.78 is 13.7. The molecule has 1 aromatic heterocycles. The number of aryl methyl sites for hydroxylation is 1. The number of carbonyl (C=O) groups excluding carboxylic acids is 2. The second-order valence-electron chi connectivity index (χ2n) is 7.42. The van der Waals surface area contributed by atoms with Crippen LogP contribution in [0.25, 0.3) is 10.9 Å². The fraction of sp³-hybridized carbons (Fsp3) is 0.304. The third-order valence-corrected chi connectivity index (χ3v) is 5.53. The Morgan fingerprint density at radius 1 is 1.14 bits per heavy atom. The van der Waals surface area contributed by atoms with Gasteiger partial charge in [0, 0.05) is 36.6 Å². The van der Waals surface area contributed by atoms with Crippen LogP contribution in [0.4, 0.5) is 4.39 Å². The molecule has 1 saturated heterocycles. The first-order valence-corrected chi connectivity index (χ1v) is 9.99. The summed E-state index contributed by atoms with van der Waals surface area (Å²) >= 11 is 0. The van der Waals surface area contributed by atoms with Gasteiger partial charge in [-0.05, 0) is 42.5 Å². The quantitative estimate of drug-likeness (QED) is 0.603. The van der Waals surface area contributed by atoms with Crippen molar-refractivity contribution >= 4 is 22.7 Å². The summed E-state index contributed by atoms with van der Waals surface area (Å²) in [6, 6.07) is 14.2. The molecule has 6 heteroatoms. The van der Waals surface area contributed by atoms with Crippen molar-refractivity contribution < 1.29 is 14.0 Å². The Labute approximate surface area is 168 Å². The highest BCUT2D eigenvalue weighted by Gasteiger charge is 2.36. The molecule has 1 atom stereocenters. The minimum Gasteiger partial charge on any atom is -0.361 e. The molecule has 2 N–H and O–H groups in total. The summed E-state index contributed by atoms with van der Waals surface area (Å²) in [5.74, 6) is -0.351. The molecule has 1 unspecified atom stereocenters. The molecule has 0 spiro atoms. The van der Waals surface area contributed by atoms with Crippen LogP contribution in [-0.2, 0) is 22.6 Å². The Bertz CT molecular complexity index is 1030. The highest BCUT2D eigenvalue weighted by Crippen LogP contribution is 2.25. The lowest BCUT2D eigenvalue weighted by atomic mass is 10.1. The first kappa shape index (κ1) is 19.2.